The number of ketones is 3. The van der Waals surface area contributed by atoms with E-state index in [9.17, 15) is 28.8 Å². The Kier molecular flexibility index (Phi) is 14.2. The number of Topliss-reactive ketones (excluding diaryl/α,β-unsaturated/α-hetero) is 3. The van der Waals surface area contributed by atoms with E-state index in [2.05, 4.69) is 0 Å². The SMILES string of the molecule is CCOC(=O)C(=O)c1ccc(Oc2ccc(C(c3ccc(Oc4ccc(C(=O)C(=O)OCC)cc4)cc3)c3ccc(Oc4ccc(C(=O)C(=O)OCC)cc4)cc3)cc2)cc1. The van der Waals surface area contributed by atoms with Gasteiger partial charge in [-0.15, -0.1) is 0 Å². The van der Waals surface area contributed by atoms with Crippen molar-refractivity contribution in [3.05, 3.63) is 179 Å². The second-order valence-electron chi connectivity index (χ2n) is 13.2. The van der Waals surface area contributed by atoms with Gasteiger partial charge in [-0.3, -0.25) is 14.4 Å². The van der Waals surface area contributed by atoms with E-state index in [1.165, 1.54) is 36.4 Å². The number of carbonyl (C=O) groups is 6. The Morgan fingerprint density at radius 2 is 0.525 bits per heavy atom. The Morgan fingerprint density at radius 3 is 0.721 bits per heavy atom. The number of ether oxygens (including phenoxy) is 6. The first-order chi connectivity index (χ1) is 29.6. The molecule has 0 heterocycles. The summed E-state index contributed by atoms with van der Waals surface area (Å²) in [6.45, 7) is 5.20. The molecule has 6 aromatic carbocycles. The van der Waals surface area contributed by atoms with E-state index in [0.717, 1.165) is 16.7 Å². The summed E-state index contributed by atoms with van der Waals surface area (Å²) in [6.07, 6.45) is 0. The zero-order chi connectivity index (χ0) is 43.3. The fourth-order valence-electron chi connectivity index (χ4n) is 6.14. The molecule has 0 bridgehead atoms. The van der Waals surface area contributed by atoms with Crippen molar-refractivity contribution < 1.29 is 57.2 Å². The zero-order valence-electron chi connectivity index (χ0n) is 33.5. The number of hydrogen-bond acceptors (Lipinski definition) is 12. The fourth-order valence-corrected chi connectivity index (χ4v) is 6.14. The van der Waals surface area contributed by atoms with Crippen LogP contribution in [0.15, 0.2) is 146 Å². The van der Waals surface area contributed by atoms with Gasteiger partial charge in [0.05, 0.1) is 19.8 Å². The molecule has 0 fully saturated rings. The normalized spacial score (nSPS) is 10.6. The van der Waals surface area contributed by atoms with Crippen molar-refractivity contribution in [1.82, 2.24) is 0 Å². The summed E-state index contributed by atoms with van der Waals surface area (Å²) < 4.78 is 32.6. The van der Waals surface area contributed by atoms with Crippen molar-refractivity contribution >= 4 is 35.3 Å². The molecular formula is C49H40O12. The number of rotatable bonds is 18. The predicted molar refractivity (Wildman–Crippen MR) is 223 cm³/mol. The van der Waals surface area contributed by atoms with E-state index in [0.29, 0.717) is 34.5 Å². The van der Waals surface area contributed by atoms with Gasteiger partial charge in [0.25, 0.3) is 17.3 Å². The number of benzene rings is 6. The highest BCUT2D eigenvalue weighted by molar-refractivity contribution is 6.41. The molecule has 0 aliphatic carbocycles. The molecule has 0 spiro atoms. The van der Waals surface area contributed by atoms with Crippen molar-refractivity contribution in [2.45, 2.75) is 26.7 Å². The van der Waals surface area contributed by atoms with Crippen LogP contribution in [0, 0.1) is 0 Å². The summed E-state index contributed by atoms with van der Waals surface area (Å²) in [4.78, 5) is 72.5. The molecule has 0 atom stereocenters. The highest BCUT2D eigenvalue weighted by Gasteiger charge is 2.21. The van der Waals surface area contributed by atoms with Crippen molar-refractivity contribution in [3.63, 3.8) is 0 Å². The van der Waals surface area contributed by atoms with Crippen molar-refractivity contribution in [2.75, 3.05) is 19.8 Å². The molecule has 0 amide bonds. The first-order valence-electron chi connectivity index (χ1n) is 19.3. The van der Waals surface area contributed by atoms with Gasteiger partial charge in [0.2, 0.25) is 0 Å². The lowest BCUT2D eigenvalue weighted by molar-refractivity contribution is -0.138. The number of carbonyl (C=O) groups excluding carboxylic acids is 6. The van der Waals surface area contributed by atoms with Gasteiger partial charge in [-0.25, -0.2) is 14.4 Å². The van der Waals surface area contributed by atoms with E-state index < -0.39 is 35.3 Å². The summed E-state index contributed by atoms with van der Waals surface area (Å²) in [5, 5.41) is 0. The van der Waals surface area contributed by atoms with E-state index in [1.807, 2.05) is 72.8 Å². The van der Waals surface area contributed by atoms with Crippen LogP contribution >= 0.6 is 0 Å². The van der Waals surface area contributed by atoms with Gasteiger partial charge in [0.15, 0.2) is 0 Å². The van der Waals surface area contributed by atoms with E-state index >= 15 is 0 Å². The Bertz CT molecular complexity index is 2210. The Balaban J connectivity index is 1.21. The summed E-state index contributed by atoms with van der Waals surface area (Å²) >= 11 is 0. The lowest BCUT2D eigenvalue weighted by atomic mass is 9.85. The van der Waals surface area contributed by atoms with E-state index in [-0.39, 0.29) is 42.4 Å². The Hall–Kier alpha value is -7.86. The minimum atomic E-state index is -0.916. The number of esters is 3. The molecule has 0 unspecified atom stereocenters. The maximum atomic E-state index is 12.3. The average molecular weight is 821 g/mol. The number of hydrogen-bond donors (Lipinski definition) is 0. The third-order valence-electron chi connectivity index (χ3n) is 9.08. The summed E-state index contributed by atoms with van der Waals surface area (Å²) in [7, 11) is 0. The Labute approximate surface area is 351 Å². The van der Waals surface area contributed by atoms with Gasteiger partial charge in [-0.1, -0.05) is 36.4 Å². The quantitative estimate of drug-likeness (QED) is 0.0266. The summed E-state index contributed by atoms with van der Waals surface area (Å²) in [6, 6.07) is 41.3. The molecule has 0 saturated carbocycles. The van der Waals surface area contributed by atoms with Crippen LogP contribution in [-0.4, -0.2) is 55.1 Å². The maximum absolute atomic E-state index is 12.3. The first-order valence-corrected chi connectivity index (χ1v) is 19.3. The van der Waals surface area contributed by atoms with Crippen molar-refractivity contribution in [1.29, 1.82) is 0 Å². The third kappa shape index (κ3) is 11.0. The summed E-state index contributed by atoms with van der Waals surface area (Å²) in [5.74, 6) is -2.17. The Morgan fingerprint density at radius 1 is 0.328 bits per heavy atom. The fraction of sp³-hybridized carbons (Fsp3) is 0.143. The third-order valence-corrected chi connectivity index (χ3v) is 9.08. The second kappa shape index (κ2) is 20.2. The van der Waals surface area contributed by atoms with Gasteiger partial charge in [0, 0.05) is 22.6 Å². The lowest BCUT2D eigenvalue weighted by Gasteiger charge is -2.20. The van der Waals surface area contributed by atoms with Crippen LogP contribution in [0.4, 0.5) is 0 Å². The van der Waals surface area contributed by atoms with Crippen LogP contribution < -0.4 is 14.2 Å². The highest BCUT2D eigenvalue weighted by atomic mass is 16.5. The maximum Gasteiger partial charge on any atom is 0.379 e. The molecule has 0 radical (unpaired) electrons. The van der Waals surface area contributed by atoms with Crippen molar-refractivity contribution in [2.24, 2.45) is 0 Å². The molecule has 0 aliphatic heterocycles. The predicted octanol–water partition coefficient (Wildman–Crippen LogP) is 9.48. The standard InChI is InChI=1S/C49H40O12/c1-4-56-47(53)44(50)34-13-25-40(26-14-34)59-37-19-7-31(8-20-37)43(32-9-21-38(22-10-32)60-41-27-15-35(16-28-41)45(51)48(54)57-5-2)33-11-23-39(24-12-33)61-42-29-17-36(18-30-42)46(52)49(55)58-6-3/h7-30,43H,4-6H2,1-3H3. The molecule has 6 aromatic rings. The molecule has 0 aliphatic rings. The molecule has 6 rings (SSSR count). The van der Waals surface area contributed by atoms with Crippen molar-refractivity contribution in [3.8, 4) is 34.5 Å². The van der Waals surface area contributed by atoms with Crippen LogP contribution in [-0.2, 0) is 28.6 Å². The van der Waals surface area contributed by atoms with Crippen LogP contribution in [0.2, 0.25) is 0 Å². The monoisotopic (exact) mass is 820 g/mol. The molecule has 61 heavy (non-hydrogen) atoms. The largest absolute Gasteiger partial charge is 0.460 e. The lowest BCUT2D eigenvalue weighted by Crippen LogP contribution is -2.17. The van der Waals surface area contributed by atoms with Crippen LogP contribution in [0.25, 0.3) is 0 Å². The van der Waals surface area contributed by atoms with Crippen LogP contribution in [0.5, 0.6) is 34.5 Å². The zero-order valence-corrected chi connectivity index (χ0v) is 33.5. The minimum absolute atomic E-state index is 0.103. The van der Waals surface area contributed by atoms with Gasteiger partial charge < -0.3 is 28.4 Å². The topological polar surface area (TPSA) is 158 Å². The van der Waals surface area contributed by atoms with Gasteiger partial charge >= 0.3 is 17.9 Å². The highest BCUT2D eigenvalue weighted by Crippen LogP contribution is 2.36. The van der Waals surface area contributed by atoms with Gasteiger partial charge in [-0.05, 0) is 147 Å². The smallest absolute Gasteiger partial charge is 0.379 e. The minimum Gasteiger partial charge on any atom is -0.460 e. The first kappa shape index (κ1) is 42.7. The van der Waals surface area contributed by atoms with Crippen LogP contribution in [0.1, 0.15) is 74.5 Å². The molecule has 308 valence electrons. The molecule has 0 aromatic heterocycles. The molecule has 0 saturated heterocycles. The molecule has 0 N–H and O–H groups in total. The molecular weight excluding hydrogens is 781 g/mol. The molecule has 12 nitrogen and oxygen atoms in total. The van der Waals surface area contributed by atoms with Gasteiger partial charge in [0.1, 0.15) is 34.5 Å². The van der Waals surface area contributed by atoms with E-state index in [1.54, 1.807) is 57.2 Å². The second-order valence-corrected chi connectivity index (χ2v) is 13.2. The molecule has 12 heteroatoms. The van der Waals surface area contributed by atoms with Gasteiger partial charge in [-0.2, -0.15) is 0 Å². The van der Waals surface area contributed by atoms with E-state index in [4.69, 9.17) is 28.4 Å². The summed E-state index contributed by atoms with van der Waals surface area (Å²) in [5.41, 5.74) is 3.39. The average Bonchev–Trinajstić information content (AvgIpc) is 3.28. The van der Waals surface area contributed by atoms with Crippen LogP contribution in [0.3, 0.4) is 0 Å².